The van der Waals surface area contributed by atoms with Crippen LogP contribution in [0.4, 0.5) is 5.82 Å². The third-order valence-corrected chi connectivity index (χ3v) is 5.57. The molecule has 1 heterocycles. The molecule has 0 saturated heterocycles. The number of amides is 2. The summed E-state index contributed by atoms with van der Waals surface area (Å²) in [4.78, 5) is 27.6. The highest BCUT2D eigenvalue weighted by Crippen LogP contribution is 2.26. The van der Waals surface area contributed by atoms with E-state index in [2.05, 4.69) is 26.1 Å². The van der Waals surface area contributed by atoms with Gasteiger partial charge < -0.3 is 10.2 Å². The molecule has 2 amide bonds. The predicted octanol–water partition coefficient (Wildman–Crippen LogP) is 5.62. The molecule has 3 rings (SSSR count). The summed E-state index contributed by atoms with van der Waals surface area (Å²) < 4.78 is 1.73. The number of benzene rings is 2. The molecule has 0 aliphatic rings. The van der Waals surface area contributed by atoms with E-state index in [4.69, 9.17) is 16.7 Å². The first-order chi connectivity index (χ1) is 15.5. The summed E-state index contributed by atoms with van der Waals surface area (Å²) in [6.07, 6.45) is 0. The SMILES string of the molecule is Cc1ccc(-n2nc(C(C)(C)C)cc2NC(=O)CN(C(=O)c2ccc(Cl)cc2)C(C)C)cc1. The van der Waals surface area contributed by atoms with Gasteiger partial charge in [-0.1, -0.05) is 50.1 Å². The number of rotatable bonds is 6. The molecule has 6 nitrogen and oxygen atoms in total. The first-order valence-electron chi connectivity index (χ1n) is 11.0. The fourth-order valence-corrected chi connectivity index (χ4v) is 3.43. The number of nitrogens with one attached hydrogen (secondary N) is 1. The molecule has 0 spiro atoms. The molecule has 0 atom stereocenters. The zero-order valence-electron chi connectivity index (χ0n) is 20.0. The van der Waals surface area contributed by atoms with Crippen molar-refractivity contribution in [2.45, 2.75) is 53.0 Å². The number of hydrogen-bond donors (Lipinski definition) is 1. The van der Waals surface area contributed by atoms with Crippen molar-refractivity contribution >= 4 is 29.2 Å². The normalized spacial score (nSPS) is 11.5. The van der Waals surface area contributed by atoms with Crippen LogP contribution in [0, 0.1) is 6.92 Å². The average Bonchev–Trinajstić information content (AvgIpc) is 3.16. The van der Waals surface area contributed by atoms with Gasteiger partial charge in [0, 0.05) is 28.1 Å². The molecular formula is C26H31ClN4O2. The lowest BCUT2D eigenvalue weighted by Crippen LogP contribution is -2.42. The Kier molecular flexibility index (Phi) is 7.28. The number of hydrogen-bond acceptors (Lipinski definition) is 3. The van der Waals surface area contributed by atoms with Crippen molar-refractivity contribution in [3.8, 4) is 5.69 Å². The second-order valence-electron chi connectivity index (χ2n) is 9.49. The first-order valence-corrected chi connectivity index (χ1v) is 11.4. The van der Waals surface area contributed by atoms with E-state index in [-0.39, 0.29) is 29.8 Å². The van der Waals surface area contributed by atoms with Crippen LogP contribution < -0.4 is 5.32 Å². The van der Waals surface area contributed by atoms with Gasteiger partial charge in [0.15, 0.2) is 0 Å². The lowest BCUT2D eigenvalue weighted by molar-refractivity contribution is -0.117. The Hall–Kier alpha value is -3.12. The summed E-state index contributed by atoms with van der Waals surface area (Å²) in [7, 11) is 0. The maximum Gasteiger partial charge on any atom is 0.254 e. The van der Waals surface area contributed by atoms with Crippen molar-refractivity contribution in [1.82, 2.24) is 14.7 Å². The van der Waals surface area contributed by atoms with Gasteiger partial charge in [0.25, 0.3) is 5.91 Å². The molecule has 0 aliphatic carbocycles. The molecule has 0 fully saturated rings. The molecule has 0 aliphatic heterocycles. The summed E-state index contributed by atoms with van der Waals surface area (Å²) in [5, 5.41) is 8.27. The van der Waals surface area contributed by atoms with Crippen LogP contribution in [0.5, 0.6) is 0 Å². The molecular weight excluding hydrogens is 436 g/mol. The van der Waals surface area contributed by atoms with Crippen molar-refractivity contribution in [3.63, 3.8) is 0 Å². The van der Waals surface area contributed by atoms with Crippen molar-refractivity contribution in [3.05, 3.63) is 76.4 Å². The number of anilines is 1. The minimum absolute atomic E-state index is 0.0803. The van der Waals surface area contributed by atoms with Crippen LogP contribution in [0.1, 0.15) is 56.2 Å². The zero-order chi connectivity index (χ0) is 24.3. The van der Waals surface area contributed by atoms with Gasteiger partial charge in [-0.25, -0.2) is 4.68 Å². The van der Waals surface area contributed by atoms with Crippen molar-refractivity contribution in [2.75, 3.05) is 11.9 Å². The number of carbonyl (C=O) groups is 2. The Morgan fingerprint density at radius 3 is 2.21 bits per heavy atom. The fourth-order valence-electron chi connectivity index (χ4n) is 3.30. The van der Waals surface area contributed by atoms with Gasteiger partial charge in [-0.15, -0.1) is 0 Å². The molecule has 33 heavy (non-hydrogen) atoms. The maximum absolute atomic E-state index is 13.0. The monoisotopic (exact) mass is 466 g/mol. The number of carbonyl (C=O) groups excluding carboxylic acids is 2. The van der Waals surface area contributed by atoms with Gasteiger partial charge >= 0.3 is 0 Å². The molecule has 3 aromatic rings. The summed E-state index contributed by atoms with van der Waals surface area (Å²) >= 11 is 5.94. The highest BCUT2D eigenvalue weighted by Gasteiger charge is 2.24. The summed E-state index contributed by atoms with van der Waals surface area (Å²) in [5.74, 6) is 0.0513. The van der Waals surface area contributed by atoms with E-state index >= 15 is 0 Å². The molecule has 1 N–H and O–H groups in total. The van der Waals surface area contributed by atoms with Gasteiger partial charge in [0.1, 0.15) is 12.4 Å². The Morgan fingerprint density at radius 1 is 1.06 bits per heavy atom. The molecule has 0 unspecified atom stereocenters. The van der Waals surface area contributed by atoms with Crippen LogP contribution in [0.3, 0.4) is 0 Å². The number of aryl methyl sites for hydroxylation is 1. The van der Waals surface area contributed by atoms with Gasteiger partial charge in [0.05, 0.1) is 11.4 Å². The van der Waals surface area contributed by atoms with Crippen LogP contribution in [0.2, 0.25) is 5.02 Å². The topological polar surface area (TPSA) is 67.2 Å². The highest BCUT2D eigenvalue weighted by molar-refractivity contribution is 6.30. The van der Waals surface area contributed by atoms with Crippen molar-refractivity contribution < 1.29 is 9.59 Å². The number of halogens is 1. The third kappa shape index (κ3) is 6.02. The summed E-state index contributed by atoms with van der Waals surface area (Å²) in [6.45, 7) is 11.9. The van der Waals surface area contributed by atoms with Crippen LogP contribution in [0.15, 0.2) is 54.6 Å². The van der Waals surface area contributed by atoms with Crippen LogP contribution in [-0.2, 0) is 10.2 Å². The van der Waals surface area contributed by atoms with Gasteiger partial charge in [-0.05, 0) is 57.2 Å². The van der Waals surface area contributed by atoms with E-state index in [1.54, 1.807) is 28.9 Å². The summed E-state index contributed by atoms with van der Waals surface area (Å²) in [6, 6.07) is 16.3. The van der Waals surface area contributed by atoms with E-state index in [9.17, 15) is 9.59 Å². The molecule has 0 saturated carbocycles. The fraction of sp³-hybridized carbons (Fsp3) is 0.346. The van der Waals surface area contributed by atoms with E-state index in [1.807, 2.05) is 51.1 Å². The zero-order valence-corrected chi connectivity index (χ0v) is 20.8. The lowest BCUT2D eigenvalue weighted by Gasteiger charge is -2.26. The molecule has 1 aromatic heterocycles. The molecule has 0 bridgehead atoms. The van der Waals surface area contributed by atoms with Crippen LogP contribution in [-0.4, -0.2) is 39.1 Å². The standard InChI is InChI=1S/C26H31ClN4O2/c1-17(2)30(25(33)19-9-11-20(27)12-10-19)16-24(32)28-23-15-22(26(4,5)6)29-31(23)21-13-7-18(3)8-14-21/h7-15,17H,16H2,1-6H3,(H,28,32). The highest BCUT2D eigenvalue weighted by atomic mass is 35.5. The van der Waals surface area contributed by atoms with E-state index < -0.39 is 0 Å². The smallest absolute Gasteiger partial charge is 0.254 e. The summed E-state index contributed by atoms with van der Waals surface area (Å²) in [5.41, 5.74) is 3.14. The Bertz CT molecular complexity index is 1130. The maximum atomic E-state index is 13.0. The average molecular weight is 467 g/mol. The lowest BCUT2D eigenvalue weighted by atomic mass is 9.92. The Morgan fingerprint density at radius 2 is 1.67 bits per heavy atom. The van der Waals surface area contributed by atoms with Crippen LogP contribution >= 0.6 is 11.6 Å². The predicted molar refractivity (Wildman–Crippen MR) is 133 cm³/mol. The second kappa shape index (κ2) is 9.79. The minimum atomic E-state index is -0.292. The Balaban J connectivity index is 1.86. The van der Waals surface area contributed by atoms with E-state index in [0.717, 1.165) is 16.9 Å². The Labute approximate surface area is 200 Å². The number of aromatic nitrogens is 2. The van der Waals surface area contributed by atoms with Crippen molar-refractivity contribution in [2.24, 2.45) is 0 Å². The van der Waals surface area contributed by atoms with Gasteiger partial charge in [0.2, 0.25) is 5.91 Å². The van der Waals surface area contributed by atoms with Gasteiger partial charge in [-0.3, -0.25) is 9.59 Å². The molecule has 2 aromatic carbocycles. The molecule has 0 radical (unpaired) electrons. The first kappa shape index (κ1) is 24.5. The molecule has 174 valence electrons. The quantitative estimate of drug-likeness (QED) is 0.512. The largest absolute Gasteiger partial charge is 0.327 e. The second-order valence-corrected chi connectivity index (χ2v) is 9.93. The van der Waals surface area contributed by atoms with E-state index in [0.29, 0.717) is 16.4 Å². The number of nitrogens with zero attached hydrogens (tertiary/aromatic N) is 3. The third-order valence-electron chi connectivity index (χ3n) is 5.31. The van der Waals surface area contributed by atoms with E-state index in [1.165, 1.54) is 4.90 Å². The minimum Gasteiger partial charge on any atom is -0.327 e. The van der Waals surface area contributed by atoms with Gasteiger partial charge in [-0.2, -0.15) is 5.10 Å². The molecule has 7 heteroatoms. The van der Waals surface area contributed by atoms with Crippen molar-refractivity contribution in [1.29, 1.82) is 0 Å². The van der Waals surface area contributed by atoms with Crippen LogP contribution in [0.25, 0.3) is 5.69 Å².